The van der Waals surface area contributed by atoms with Crippen LogP contribution in [0.25, 0.3) is 0 Å². The molecule has 0 unspecified atom stereocenters. The van der Waals surface area contributed by atoms with Gasteiger partial charge in [0.15, 0.2) is 0 Å². The van der Waals surface area contributed by atoms with Gasteiger partial charge in [-0.15, -0.1) is 0 Å². The van der Waals surface area contributed by atoms with E-state index in [1.54, 1.807) is 19.1 Å². The van der Waals surface area contributed by atoms with Crippen molar-refractivity contribution < 1.29 is 13.9 Å². The van der Waals surface area contributed by atoms with E-state index in [1.807, 2.05) is 20.8 Å². The van der Waals surface area contributed by atoms with Crippen LogP contribution in [0.2, 0.25) is 0 Å². The first-order chi connectivity index (χ1) is 8.31. The third-order valence-electron chi connectivity index (χ3n) is 2.34. The molecule has 1 aromatic carbocycles. The first-order valence-corrected chi connectivity index (χ1v) is 6.12. The Hall–Kier alpha value is -1.13. The highest BCUT2D eigenvalue weighted by Gasteiger charge is 2.14. The molecule has 0 aliphatic rings. The lowest BCUT2D eigenvalue weighted by molar-refractivity contribution is -0.0164. The summed E-state index contributed by atoms with van der Waals surface area (Å²) in [5.41, 5.74) is 5.95. The maximum atomic E-state index is 13.6. The largest absolute Gasteiger partial charge is 0.491 e. The lowest BCUT2D eigenvalue weighted by atomic mass is 10.1. The SMILES string of the molecule is C[C@H](N)c1c(F)cccc1OCCOC(C)(C)C. The van der Waals surface area contributed by atoms with Gasteiger partial charge in [0.2, 0.25) is 0 Å². The first-order valence-electron chi connectivity index (χ1n) is 6.12. The van der Waals surface area contributed by atoms with Gasteiger partial charge in [-0.25, -0.2) is 4.39 Å². The fraction of sp³-hybridized carbons (Fsp3) is 0.571. The van der Waals surface area contributed by atoms with Crippen molar-refractivity contribution in [3.8, 4) is 5.75 Å². The van der Waals surface area contributed by atoms with Crippen molar-refractivity contribution in [1.82, 2.24) is 0 Å². The minimum absolute atomic E-state index is 0.199. The van der Waals surface area contributed by atoms with E-state index in [1.165, 1.54) is 6.07 Å². The molecule has 0 fully saturated rings. The molecule has 4 heteroatoms. The van der Waals surface area contributed by atoms with Crippen LogP contribution in [0.1, 0.15) is 39.3 Å². The zero-order valence-corrected chi connectivity index (χ0v) is 11.5. The summed E-state index contributed by atoms with van der Waals surface area (Å²) in [6.07, 6.45) is 0. The van der Waals surface area contributed by atoms with Gasteiger partial charge in [0.1, 0.15) is 18.2 Å². The van der Waals surface area contributed by atoms with Gasteiger partial charge < -0.3 is 15.2 Å². The molecule has 0 aliphatic heterocycles. The van der Waals surface area contributed by atoms with Gasteiger partial charge >= 0.3 is 0 Å². The van der Waals surface area contributed by atoms with E-state index in [-0.39, 0.29) is 11.4 Å². The van der Waals surface area contributed by atoms with E-state index in [0.717, 1.165) is 0 Å². The molecule has 18 heavy (non-hydrogen) atoms. The molecule has 0 radical (unpaired) electrons. The van der Waals surface area contributed by atoms with Crippen molar-refractivity contribution >= 4 is 0 Å². The van der Waals surface area contributed by atoms with E-state index in [4.69, 9.17) is 15.2 Å². The second-order valence-corrected chi connectivity index (χ2v) is 5.25. The molecule has 1 aromatic rings. The van der Waals surface area contributed by atoms with E-state index >= 15 is 0 Å². The number of ether oxygens (including phenoxy) is 2. The monoisotopic (exact) mass is 255 g/mol. The van der Waals surface area contributed by atoms with Crippen molar-refractivity contribution in [3.05, 3.63) is 29.6 Å². The Bertz CT molecular complexity index is 386. The molecule has 0 heterocycles. The van der Waals surface area contributed by atoms with Crippen LogP contribution in [0.3, 0.4) is 0 Å². The molecule has 102 valence electrons. The number of nitrogens with two attached hydrogens (primary N) is 1. The van der Waals surface area contributed by atoms with Gasteiger partial charge in [0, 0.05) is 11.6 Å². The fourth-order valence-corrected chi connectivity index (χ4v) is 1.58. The zero-order valence-electron chi connectivity index (χ0n) is 11.5. The zero-order chi connectivity index (χ0) is 13.8. The van der Waals surface area contributed by atoms with Crippen LogP contribution in [0.5, 0.6) is 5.75 Å². The number of benzene rings is 1. The third-order valence-corrected chi connectivity index (χ3v) is 2.34. The summed E-state index contributed by atoms with van der Waals surface area (Å²) in [6, 6.07) is 4.32. The Balaban J connectivity index is 2.60. The van der Waals surface area contributed by atoms with Crippen LogP contribution in [0.4, 0.5) is 4.39 Å². The minimum Gasteiger partial charge on any atom is -0.491 e. The van der Waals surface area contributed by atoms with Crippen molar-refractivity contribution in [2.24, 2.45) is 5.73 Å². The predicted molar refractivity (Wildman–Crippen MR) is 70.2 cm³/mol. The molecule has 0 saturated carbocycles. The molecular weight excluding hydrogens is 233 g/mol. The van der Waals surface area contributed by atoms with Gasteiger partial charge in [0.25, 0.3) is 0 Å². The lowest BCUT2D eigenvalue weighted by Gasteiger charge is -2.20. The minimum atomic E-state index is -0.398. The molecule has 1 rings (SSSR count). The van der Waals surface area contributed by atoms with Gasteiger partial charge in [-0.2, -0.15) is 0 Å². The maximum Gasteiger partial charge on any atom is 0.131 e. The molecule has 0 spiro atoms. The second kappa shape index (κ2) is 6.16. The van der Waals surface area contributed by atoms with E-state index < -0.39 is 6.04 Å². The Kier molecular flexibility index (Phi) is 5.11. The summed E-state index contributed by atoms with van der Waals surface area (Å²) in [5, 5.41) is 0. The smallest absolute Gasteiger partial charge is 0.131 e. The first kappa shape index (κ1) is 14.9. The number of hydrogen-bond donors (Lipinski definition) is 1. The third kappa shape index (κ3) is 4.63. The van der Waals surface area contributed by atoms with Crippen molar-refractivity contribution in [2.75, 3.05) is 13.2 Å². The Morgan fingerprint density at radius 3 is 2.50 bits per heavy atom. The van der Waals surface area contributed by atoms with Crippen LogP contribution < -0.4 is 10.5 Å². The summed E-state index contributed by atoms with van der Waals surface area (Å²) in [7, 11) is 0. The van der Waals surface area contributed by atoms with E-state index in [0.29, 0.717) is 24.5 Å². The molecule has 0 saturated heterocycles. The summed E-state index contributed by atoms with van der Waals surface area (Å²) >= 11 is 0. The highest BCUT2D eigenvalue weighted by Crippen LogP contribution is 2.26. The predicted octanol–water partition coefficient (Wildman–Crippen LogP) is 3.04. The standard InChI is InChI=1S/C14H22FNO2/c1-10(16)13-11(15)6-5-7-12(13)17-8-9-18-14(2,3)4/h5-7,10H,8-9,16H2,1-4H3/t10-/m0/s1. The Morgan fingerprint density at radius 1 is 1.28 bits per heavy atom. The van der Waals surface area contributed by atoms with Crippen LogP contribution in [-0.2, 0) is 4.74 Å². The van der Waals surface area contributed by atoms with Gasteiger partial charge in [-0.1, -0.05) is 6.07 Å². The normalized spacial score (nSPS) is 13.4. The summed E-state index contributed by atoms with van der Waals surface area (Å²) in [4.78, 5) is 0. The highest BCUT2D eigenvalue weighted by atomic mass is 19.1. The molecule has 0 aromatic heterocycles. The van der Waals surface area contributed by atoms with Crippen molar-refractivity contribution in [1.29, 1.82) is 0 Å². The van der Waals surface area contributed by atoms with E-state index in [9.17, 15) is 4.39 Å². The highest BCUT2D eigenvalue weighted by molar-refractivity contribution is 5.36. The molecule has 1 atom stereocenters. The van der Waals surface area contributed by atoms with Gasteiger partial charge in [-0.3, -0.25) is 0 Å². The summed E-state index contributed by atoms with van der Waals surface area (Å²) in [6.45, 7) is 8.49. The number of halogens is 1. The Morgan fingerprint density at radius 2 is 1.94 bits per heavy atom. The second-order valence-electron chi connectivity index (χ2n) is 5.25. The summed E-state index contributed by atoms with van der Waals surface area (Å²) in [5.74, 6) is 0.154. The van der Waals surface area contributed by atoms with Crippen LogP contribution >= 0.6 is 0 Å². The van der Waals surface area contributed by atoms with Crippen molar-refractivity contribution in [2.45, 2.75) is 39.3 Å². The van der Waals surface area contributed by atoms with Gasteiger partial charge in [0.05, 0.1) is 12.2 Å². The van der Waals surface area contributed by atoms with Crippen LogP contribution in [0, 0.1) is 5.82 Å². The van der Waals surface area contributed by atoms with Crippen LogP contribution in [0.15, 0.2) is 18.2 Å². The van der Waals surface area contributed by atoms with Crippen molar-refractivity contribution in [3.63, 3.8) is 0 Å². The van der Waals surface area contributed by atoms with E-state index in [2.05, 4.69) is 0 Å². The fourth-order valence-electron chi connectivity index (χ4n) is 1.58. The average Bonchev–Trinajstić information content (AvgIpc) is 2.22. The van der Waals surface area contributed by atoms with Crippen LogP contribution in [-0.4, -0.2) is 18.8 Å². The maximum absolute atomic E-state index is 13.6. The number of rotatable bonds is 5. The topological polar surface area (TPSA) is 44.5 Å². The molecule has 3 nitrogen and oxygen atoms in total. The molecule has 0 bridgehead atoms. The molecule has 2 N–H and O–H groups in total. The summed E-state index contributed by atoms with van der Waals surface area (Å²) < 4.78 is 24.7. The Labute approximate surface area is 108 Å². The van der Waals surface area contributed by atoms with Gasteiger partial charge in [-0.05, 0) is 39.8 Å². The molecule has 0 aliphatic carbocycles. The average molecular weight is 255 g/mol. The lowest BCUT2D eigenvalue weighted by Crippen LogP contribution is -2.23. The number of hydrogen-bond acceptors (Lipinski definition) is 3. The molecular formula is C14H22FNO2. The quantitative estimate of drug-likeness (QED) is 0.822. The molecule has 0 amide bonds.